The molecule has 0 radical (unpaired) electrons. The van der Waals surface area contributed by atoms with Crippen molar-refractivity contribution in [2.24, 2.45) is 5.41 Å². The van der Waals surface area contributed by atoms with Crippen LogP contribution in [0.5, 0.6) is 0 Å². The van der Waals surface area contributed by atoms with Crippen LogP contribution in [0, 0.1) is 5.41 Å². The van der Waals surface area contributed by atoms with Crippen molar-refractivity contribution >= 4 is 16.0 Å². The molecular weight excluding hydrogens is 290 g/mol. The van der Waals surface area contributed by atoms with Crippen molar-refractivity contribution in [2.45, 2.75) is 40.3 Å². The molecule has 2 rings (SSSR count). The number of sulfonamides is 1. The van der Waals surface area contributed by atoms with Gasteiger partial charge in [0.05, 0.1) is 11.3 Å². The molecule has 0 unspecified atom stereocenters. The quantitative estimate of drug-likeness (QED) is 0.927. The molecule has 1 aliphatic heterocycles. The van der Waals surface area contributed by atoms with E-state index in [1.807, 2.05) is 20.8 Å². The molecule has 0 fully saturated rings. The van der Waals surface area contributed by atoms with Crippen LogP contribution >= 0.6 is 0 Å². The van der Waals surface area contributed by atoms with E-state index in [4.69, 9.17) is 5.11 Å². The molecule has 0 aliphatic carbocycles. The van der Waals surface area contributed by atoms with Crippen molar-refractivity contribution in [3.8, 4) is 0 Å². The minimum atomic E-state index is -3.31. The molecule has 0 spiro atoms. The van der Waals surface area contributed by atoms with Crippen LogP contribution in [0.3, 0.4) is 0 Å². The molecule has 0 saturated heterocycles. The highest BCUT2D eigenvalue weighted by Gasteiger charge is 2.30. The Morgan fingerprint density at radius 3 is 2.43 bits per heavy atom. The number of carboxylic acid groups (broad SMARTS) is 1. The minimum Gasteiger partial charge on any atom is -0.478 e. The number of hydrogen-bond acceptors (Lipinski definition) is 3. The van der Waals surface area contributed by atoms with Gasteiger partial charge in [-0.3, -0.25) is 0 Å². The highest BCUT2D eigenvalue weighted by atomic mass is 32.2. The summed E-state index contributed by atoms with van der Waals surface area (Å²) in [4.78, 5) is 11.0. The Kier molecular flexibility index (Phi) is 4.13. The van der Waals surface area contributed by atoms with E-state index >= 15 is 0 Å². The largest absolute Gasteiger partial charge is 0.478 e. The molecule has 116 valence electrons. The van der Waals surface area contributed by atoms with Crippen LogP contribution < -0.4 is 0 Å². The molecular formula is C15H21NO4S. The summed E-state index contributed by atoms with van der Waals surface area (Å²) in [5.74, 6) is -0.872. The molecule has 1 aromatic carbocycles. The number of carbonyl (C=O) groups is 1. The van der Waals surface area contributed by atoms with Crippen molar-refractivity contribution in [2.75, 3.05) is 5.75 Å². The van der Waals surface area contributed by atoms with Gasteiger partial charge in [-0.1, -0.05) is 26.8 Å². The van der Waals surface area contributed by atoms with Gasteiger partial charge in [0.25, 0.3) is 0 Å². The number of aromatic carboxylic acids is 1. The van der Waals surface area contributed by atoms with Crippen molar-refractivity contribution in [1.82, 2.24) is 4.31 Å². The van der Waals surface area contributed by atoms with Gasteiger partial charge < -0.3 is 5.11 Å². The maximum Gasteiger partial charge on any atom is 0.335 e. The van der Waals surface area contributed by atoms with E-state index in [-0.39, 0.29) is 23.3 Å². The van der Waals surface area contributed by atoms with E-state index in [0.29, 0.717) is 13.0 Å². The van der Waals surface area contributed by atoms with Gasteiger partial charge in [0.15, 0.2) is 0 Å². The second-order valence-electron chi connectivity index (χ2n) is 6.68. The summed E-state index contributed by atoms with van der Waals surface area (Å²) in [7, 11) is -3.31. The fraction of sp³-hybridized carbons (Fsp3) is 0.533. The predicted molar refractivity (Wildman–Crippen MR) is 80.5 cm³/mol. The van der Waals surface area contributed by atoms with Crippen molar-refractivity contribution in [3.63, 3.8) is 0 Å². The first-order valence-corrected chi connectivity index (χ1v) is 8.52. The average Bonchev–Trinajstić information content (AvgIpc) is 2.79. The van der Waals surface area contributed by atoms with Gasteiger partial charge >= 0.3 is 5.97 Å². The predicted octanol–water partition coefficient (Wildman–Crippen LogP) is 2.47. The van der Waals surface area contributed by atoms with E-state index in [9.17, 15) is 13.2 Å². The van der Waals surface area contributed by atoms with E-state index in [1.165, 1.54) is 10.4 Å². The number of carboxylic acids is 1. The summed E-state index contributed by atoms with van der Waals surface area (Å²) >= 11 is 0. The second-order valence-corrected chi connectivity index (χ2v) is 8.77. The number of nitrogens with zero attached hydrogens (tertiary/aromatic N) is 1. The maximum atomic E-state index is 12.4. The third-order valence-corrected chi connectivity index (χ3v) is 5.42. The van der Waals surface area contributed by atoms with Gasteiger partial charge in [0.2, 0.25) is 10.0 Å². The molecule has 1 N–H and O–H groups in total. The van der Waals surface area contributed by atoms with Crippen molar-refractivity contribution in [3.05, 3.63) is 34.9 Å². The van der Waals surface area contributed by atoms with Crippen LogP contribution in [0.1, 0.15) is 48.7 Å². The first-order chi connectivity index (χ1) is 9.58. The molecule has 0 aromatic heterocycles. The highest BCUT2D eigenvalue weighted by molar-refractivity contribution is 7.89. The molecule has 5 nitrogen and oxygen atoms in total. The number of fused-ring (bicyclic) bond motifs is 1. The van der Waals surface area contributed by atoms with E-state index < -0.39 is 16.0 Å². The summed E-state index contributed by atoms with van der Waals surface area (Å²) in [6.45, 7) is 6.64. The summed E-state index contributed by atoms with van der Waals surface area (Å²) in [5.41, 5.74) is 1.84. The van der Waals surface area contributed by atoms with Crippen LogP contribution in [-0.4, -0.2) is 29.6 Å². The molecule has 6 heteroatoms. The lowest BCUT2D eigenvalue weighted by molar-refractivity contribution is 0.0696. The number of rotatable bonds is 4. The molecule has 0 amide bonds. The lowest BCUT2D eigenvalue weighted by atomic mass is 9.94. The Balaban J connectivity index is 2.13. The third-order valence-electron chi connectivity index (χ3n) is 3.65. The molecule has 0 bridgehead atoms. The van der Waals surface area contributed by atoms with Gasteiger partial charge in [0.1, 0.15) is 0 Å². The first kappa shape index (κ1) is 16.0. The van der Waals surface area contributed by atoms with E-state index in [1.54, 1.807) is 12.1 Å². The monoisotopic (exact) mass is 311 g/mol. The first-order valence-electron chi connectivity index (χ1n) is 6.91. The zero-order valence-electron chi connectivity index (χ0n) is 12.6. The third kappa shape index (κ3) is 3.83. The summed E-state index contributed by atoms with van der Waals surface area (Å²) in [5, 5.41) is 8.98. The van der Waals surface area contributed by atoms with Gasteiger partial charge in [-0.05, 0) is 35.1 Å². The standard InChI is InChI=1S/C15H21NO4S/c1-15(2,3)6-7-21(19,20)16-9-12-5-4-11(14(17)18)8-13(12)10-16/h4-5,8H,6-7,9-10H2,1-3H3,(H,17,18). The molecule has 0 atom stereocenters. The van der Waals surface area contributed by atoms with Crippen LogP contribution in [0.15, 0.2) is 18.2 Å². The van der Waals surface area contributed by atoms with Crippen LogP contribution in [-0.2, 0) is 23.1 Å². The lowest BCUT2D eigenvalue weighted by Gasteiger charge is -2.21. The van der Waals surface area contributed by atoms with Gasteiger partial charge in [0, 0.05) is 13.1 Å². The van der Waals surface area contributed by atoms with Gasteiger partial charge in [-0.2, -0.15) is 4.31 Å². The second kappa shape index (κ2) is 5.42. The smallest absolute Gasteiger partial charge is 0.335 e. The zero-order valence-corrected chi connectivity index (χ0v) is 13.4. The average molecular weight is 311 g/mol. The molecule has 21 heavy (non-hydrogen) atoms. The maximum absolute atomic E-state index is 12.4. The highest BCUT2D eigenvalue weighted by Crippen LogP contribution is 2.28. The summed E-state index contributed by atoms with van der Waals surface area (Å²) in [6, 6.07) is 4.79. The summed E-state index contributed by atoms with van der Waals surface area (Å²) in [6.07, 6.45) is 0.600. The summed E-state index contributed by atoms with van der Waals surface area (Å²) < 4.78 is 26.2. The minimum absolute atomic E-state index is 0.0316. The molecule has 1 heterocycles. The van der Waals surface area contributed by atoms with E-state index in [2.05, 4.69) is 0 Å². The Hall–Kier alpha value is -1.40. The number of hydrogen-bond donors (Lipinski definition) is 1. The van der Waals surface area contributed by atoms with Gasteiger partial charge in [-0.25, -0.2) is 13.2 Å². The Morgan fingerprint density at radius 1 is 1.24 bits per heavy atom. The molecule has 0 saturated carbocycles. The number of benzene rings is 1. The lowest BCUT2D eigenvalue weighted by Crippen LogP contribution is -2.29. The fourth-order valence-corrected chi connectivity index (χ4v) is 4.06. The van der Waals surface area contributed by atoms with Crippen LogP contribution in [0.25, 0.3) is 0 Å². The van der Waals surface area contributed by atoms with Crippen molar-refractivity contribution < 1.29 is 18.3 Å². The SMILES string of the molecule is CC(C)(C)CCS(=O)(=O)N1Cc2ccc(C(=O)O)cc2C1. The van der Waals surface area contributed by atoms with Crippen LogP contribution in [0.2, 0.25) is 0 Å². The Labute approximate surface area is 125 Å². The Morgan fingerprint density at radius 2 is 1.86 bits per heavy atom. The van der Waals surface area contributed by atoms with E-state index in [0.717, 1.165) is 11.1 Å². The Bertz CT molecular complexity index is 659. The molecule has 1 aromatic rings. The zero-order chi connectivity index (χ0) is 15.8. The van der Waals surface area contributed by atoms with Gasteiger partial charge in [-0.15, -0.1) is 0 Å². The molecule has 1 aliphatic rings. The fourth-order valence-electron chi connectivity index (χ4n) is 2.26. The normalized spacial score (nSPS) is 16.0. The van der Waals surface area contributed by atoms with Crippen molar-refractivity contribution in [1.29, 1.82) is 0 Å². The van der Waals surface area contributed by atoms with Crippen LogP contribution in [0.4, 0.5) is 0 Å². The topological polar surface area (TPSA) is 74.7 Å².